The number of rotatable bonds is 6. The molecule has 3 nitrogen and oxygen atoms in total. The number of hydrogen-bond acceptors (Lipinski definition) is 2. The first-order chi connectivity index (χ1) is 10.3. The molecule has 0 aliphatic carbocycles. The van der Waals surface area contributed by atoms with Gasteiger partial charge in [0.15, 0.2) is 0 Å². The maximum Gasteiger partial charge on any atom is 0.137 e. The van der Waals surface area contributed by atoms with E-state index in [4.69, 9.17) is 0 Å². The number of nitrogens with one attached hydrogen (secondary N) is 2. The van der Waals surface area contributed by atoms with Gasteiger partial charge in [0.05, 0.1) is 0 Å². The lowest BCUT2D eigenvalue weighted by molar-refractivity contribution is 0.595. The first-order valence-electron chi connectivity index (χ1n) is 7.51. The molecule has 3 aromatic rings. The molecule has 0 amide bonds. The Hall–Kier alpha value is -2.13. The van der Waals surface area contributed by atoms with E-state index in [0.717, 1.165) is 25.2 Å². The zero-order valence-corrected chi connectivity index (χ0v) is 12.3. The zero-order valence-electron chi connectivity index (χ0n) is 12.3. The quantitative estimate of drug-likeness (QED) is 0.673. The van der Waals surface area contributed by atoms with Crippen molar-refractivity contribution in [3.05, 3.63) is 66.0 Å². The van der Waals surface area contributed by atoms with Gasteiger partial charge in [0.1, 0.15) is 5.65 Å². The van der Waals surface area contributed by atoms with Crippen molar-refractivity contribution in [2.24, 2.45) is 0 Å². The first kappa shape index (κ1) is 13.8. The smallest absolute Gasteiger partial charge is 0.137 e. The summed E-state index contributed by atoms with van der Waals surface area (Å²) in [5.41, 5.74) is 3.66. The van der Waals surface area contributed by atoms with Gasteiger partial charge in [-0.3, -0.25) is 0 Å². The minimum Gasteiger partial charge on any atom is -0.346 e. The van der Waals surface area contributed by atoms with E-state index in [1.165, 1.54) is 16.5 Å². The highest BCUT2D eigenvalue weighted by molar-refractivity contribution is 5.79. The van der Waals surface area contributed by atoms with Crippen molar-refractivity contribution < 1.29 is 0 Å². The van der Waals surface area contributed by atoms with Crippen LogP contribution in [-0.2, 0) is 6.54 Å². The fourth-order valence-electron chi connectivity index (χ4n) is 2.65. The van der Waals surface area contributed by atoms with E-state index in [0.29, 0.717) is 5.92 Å². The molecule has 1 unspecified atom stereocenters. The molecule has 0 saturated heterocycles. The Morgan fingerprint density at radius 1 is 1.14 bits per heavy atom. The largest absolute Gasteiger partial charge is 0.346 e. The highest BCUT2D eigenvalue weighted by Crippen LogP contribution is 2.18. The second kappa shape index (κ2) is 6.55. The van der Waals surface area contributed by atoms with Crippen molar-refractivity contribution in [2.75, 3.05) is 6.54 Å². The van der Waals surface area contributed by atoms with Crippen molar-refractivity contribution in [2.45, 2.75) is 25.8 Å². The number of benzene rings is 1. The number of fused-ring (bicyclic) bond motifs is 1. The monoisotopic (exact) mass is 279 g/mol. The molecule has 2 heterocycles. The Balaban J connectivity index is 1.50. The Kier molecular flexibility index (Phi) is 4.31. The van der Waals surface area contributed by atoms with Gasteiger partial charge >= 0.3 is 0 Å². The Labute approximate surface area is 125 Å². The Morgan fingerprint density at radius 3 is 2.86 bits per heavy atom. The van der Waals surface area contributed by atoms with Gasteiger partial charge in [0, 0.05) is 24.3 Å². The predicted molar refractivity (Wildman–Crippen MR) is 87.3 cm³/mol. The molecule has 0 radical (unpaired) electrons. The summed E-state index contributed by atoms with van der Waals surface area (Å²) in [6.07, 6.45) is 5.01. The molecule has 0 bridgehead atoms. The number of pyridine rings is 1. The van der Waals surface area contributed by atoms with Gasteiger partial charge in [-0.25, -0.2) is 4.98 Å². The number of aromatic amines is 1. The Morgan fingerprint density at radius 2 is 2.00 bits per heavy atom. The summed E-state index contributed by atoms with van der Waals surface area (Å²) in [5, 5.41) is 4.74. The Bertz CT molecular complexity index is 688. The lowest BCUT2D eigenvalue weighted by Crippen LogP contribution is -2.16. The molecule has 2 aromatic heterocycles. The molecule has 1 atom stereocenters. The van der Waals surface area contributed by atoms with Crippen LogP contribution in [0.1, 0.15) is 30.4 Å². The van der Waals surface area contributed by atoms with Crippen LogP contribution in [0, 0.1) is 0 Å². The van der Waals surface area contributed by atoms with Gasteiger partial charge < -0.3 is 10.3 Å². The minimum absolute atomic E-state index is 0.586. The average Bonchev–Trinajstić information content (AvgIpc) is 2.95. The summed E-state index contributed by atoms with van der Waals surface area (Å²) in [6.45, 7) is 4.18. The first-order valence-corrected chi connectivity index (χ1v) is 7.51. The fourth-order valence-corrected chi connectivity index (χ4v) is 2.65. The predicted octanol–water partition coefficient (Wildman–Crippen LogP) is 3.85. The zero-order chi connectivity index (χ0) is 14.5. The van der Waals surface area contributed by atoms with Crippen LogP contribution >= 0.6 is 0 Å². The van der Waals surface area contributed by atoms with Crippen molar-refractivity contribution in [1.29, 1.82) is 0 Å². The molecule has 0 aliphatic heterocycles. The minimum atomic E-state index is 0.586. The number of hydrogen-bond donors (Lipinski definition) is 2. The van der Waals surface area contributed by atoms with Crippen LogP contribution in [0.2, 0.25) is 0 Å². The molecule has 21 heavy (non-hydrogen) atoms. The van der Waals surface area contributed by atoms with Gasteiger partial charge in [-0.2, -0.15) is 0 Å². The lowest BCUT2D eigenvalue weighted by atomic mass is 9.98. The molecule has 0 saturated carbocycles. The molecule has 108 valence electrons. The van der Waals surface area contributed by atoms with Gasteiger partial charge in [0.25, 0.3) is 0 Å². The standard InChI is InChI=1S/C18H21N3/c1-14(15-6-3-2-4-7-15)9-11-19-12-16-13-21-18-17(16)8-5-10-20-18/h2-8,10,13-14,19H,9,11-12H2,1H3,(H,20,21). The summed E-state index contributed by atoms with van der Waals surface area (Å²) in [6, 6.07) is 14.8. The third-order valence-corrected chi connectivity index (χ3v) is 3.97. The third kappa shape index (κ3) is 3.31. The normalized spacial score (nSPS) is 12.6. The van der Waals surface area contributed by atoms with Crippen LogP contribution in [0.25, 0.3) is 11.0 Å². The summed E-state index contributed by atoms with van der Waals surface area (Å²) in [5.74, 6) is 0.586. The van der Waals surface area contributed by atoms with Crippen LogP contribution in [0.5, 0.6) is 0 Å². The van der Waals surface area contributed by atoms with Crippen molar-refractivity contribution in [3.8, 4) is 0 Å². The molecule has 1 aromatic carbocycles. The molecular formula is C18H21N3. The fraction of sp³-hybridized carbons (Fsp3) is 0.278. The van der Waals surface area contributed by atoms with E-state index in [2.05, 4.69) is 58.6 Å². The van der Waals surface area contributed by atoms with E-state index in [1.807, 2.05) is 18.5 Å². The molecule has 0 fully saturated rings. The summed E-state index contributed by atoms with van der Waals surface area (Å²) >= 11 is 0. The molecular weight excluding hydrogens is 258 g/mol. The van der Waals surface area contributed by atoms with E-state index in [9.17, 15) is 0 Å². The number of aromatic nitrogens is 2. The van der Waals surface area contributed by atoms with Crippen molar-refractivity contribution in [1.82, 2.24) is 15.3 Å². The third-order valence-electron chi connectivity index (χ3n) is 3.97. The van der Waals surface area contributed by atoms with Gasteiger partial charge in [-0.15, -0.1) is 0 Å². The van der Waals surface area contributed by atoms with E-state index >= 15 is 0 Å². The van der Waals surface area contributed by atoms with Crippen molar-refractivity contribution in [3.63, 3.8) is 0 Å². The van der Waals surface area contributed by atoms with E-state index < -0.39 is 0 Å². The molecule has 0 spiro atoms. The molecule has 0 aliphatic rings. The SMILES string of the molecule is CC(CCNCc1c[nH]c2ncccc12)c1ccccc1. The van der Waals surface area contributed by atoms with E-state index in [-0.39, 0.29) is 0 Å². The summed E-state index contributed by atoms with van der Waals surface area (Å²) < 4.78 is 0. The highest BCUT2D eigenvalue weighted by Gasteiger charge is 2.06. The van der Waals surface area contributed by atoms with Crippen LogP contribution < -0.4 is 5.32 Å². The average molecular weight is 279 g/mol. The molecule has 2 N–H and O–H groups in total. The lowest BCUT2D eigenvalue weighted by Gasteiger charge is -2.12. The second-order valence-corrected chi connectivity index (χ2v) is 5.49. The molecule has 3 heteroatoms. The van der Waals surface area contributed by atoms with Gasteiger partial charge in [-0.05, 0) is 42.1 Å². The van der Waals surface area contributed by atoms with Crippen LogP contribution in [0.3, 0.4) is 0 Å². The van der Waals surface area contributed by atoms with Crippen LogP contribution in [-0.4, -0.2) is 16.5 Å². The maximum atomic E-state index is 4.31. The summed E-state index contributed by atoms with van der Waals surface area (Å²) in [7, 11) is 0. The molecule has 3 rings (SSSR count). The summed E-state index contributed by atoms with van der Waals surface area (Å²) in [4.78, 5) is 7.53. The maximum absolute atomic E-state index is 4.31. The van der Waals surface area contributed by atoms with E-state index in [1.54, 1.807) is 0 Å². The van der Waals surface area contributed by atoms with Gasteiger partial charge in [0.2, 0.25) is 0 Å². The van der Waals surface area contributed by atoms with Gasteiger partial charge in [-0.1, -0.05) is 37.3 Å². The van der Waals surface area contributed by atoms with Crippen molar-refractivity contribution >= 4 is 11.0 Å². The number of nitrogens with zero attached hydrogens (tertiary/aromatic N) is 1. The topological polar surface area (TPSA) is 40.7 Å². The second-order valence-electron chi connectivity index (χ2n) is 5.49. The van der Waals surface area contributed by atoms with Crippen LogP contribution in [0.15, 0.2) is 54.9 Å². The number of H-pyrrole nitrogens is 1. The highest BCUT2D eigenvalue weighted by atomic mass is 14.9. The van der Waals surface area contributed by atoms with Crippen LogP contribution in [0.4, 0.5) is 0 Å².